The Morgan fingerprint density at radius 3 is 2.60 bits per heavy atom. The predicted octanol–water partition coefficient (Wildman–Crippen LogP) is 2.22. The normalized spacial score (nSPS) is 18.4. The van der Waals surface area contributed by atoms with Gasteiger partial charge in [0.1, 0.15) is 18.5 Å². The smallest absolute Gasteiger partial charge is 0.119 e. The molecular formula is C16H22N2O2. The van der Waals surface area contributed by atoms with Crippen LogP contribution in [0.1, 0.15) is 38.2 Å². The third kappa shape index (κ3) is 4.22. The van der Waals surface area contributed by atoms with Crippen LogP contribution in [0.4, 0.5) is 0 Å². The van der Waals surface area contributed by atoms with Crippen LogP contribution < -0.4 is 10.1 Å². The highest BCUT2D eigenvalue weighted by Gasteiger charge is 2.28. The quantitative estimate of drug-likeness (QED) is 0.835. The first kappa shape index (κ1) is 14.8. The van der Waals surface area contributed by atoms with E-state index in [9.17, 15) is 5.11 Å². The van der Waals surface area contributed by atoms with Gasteiger partial charge in [0.2, 0.25) is 0 Å². The van der Waals surface area contributed by atoms with Crippen molar-refractivity contribution >= 4 is 0 Å². The summed E-state index contributed by atoms with van der Waals surface area (Å²) in [6.45, 7) is 3.02. The van der Waals surface area contributed by atoms with Crippen molar-refractivity contribution in [1.29, 1.82) is 5.26 Å². The second kappa shape index (κ2) is 6.74. The largest absolute Gasteiger partial charge is 0.491 e. The lowest BCUT2D eigenvalue weighted by molar-refractivity contribution is 0.0980. The molecule has 1 atom stereocenters. The van der Waals surface area contributed by atoms with Gasteiger partial charge in [0.25, 0.3) is 0 Å². The molecule has 20 heavy (non-hydrogen) atoms. The minimum Gasteiger partial charge on any atom is -0.491 e. The molecule has 1 aromatic rings. The summed E-state index contributed by atoms with van der Waals surface area (Å²) in [7, 11) is 0. The van der Waals surface area contributed by atoms with Crippen molar-refractivity contribution in [2.75, 3.05) is 13.2 Å². The number of benzene rings is 1. The first-order valence-corrected chi connectivity index (χ1v) is 7.17. The topological polar surface area (TPSA) is 65.3 Å². The Kier molecular flexibility index (Phi) is 4.99. The Bertz CT molecular complexity index is 458. The second-order valence-electron chi connectivity index (χ2n) is 5.75. The minimum absolute atomic E-state index is 0.176. The fourth-order valence-electron chi connectivity index (χ4n) is 2.57. The molecule has 0 radical (unpaired) electrons. The van der Waals surface area contributed by atoms with E-state index >= 15 is 0 Å². The van der Waals surface area contributed by atoms with Crippen molar-refractivity contribution in [2.45, 2.75) is 44.2 Å². The van der Waals surface area contributed by atoms with Gasteiger partial charge in [-0.05, 0) is 44.0 Å². The number of β-amino-alcohol motifs (C(OH)–C–C–N with tert-alkyl or cyclic N) is 1. The summed E-state index contributed by atoms with van der Waals surface area (Å²) in [5.41, 5.74) is 0.781. The number of aliphatic hydroxyl groups excluding tert-OH is 1. The number of hydrogen-bond donors (Lipinski definition) is 2. The lowest BCUT2D eigenvalue weighted by Gasteiger charge is -2.27. The molecule has 0 saturated heterocycles. The van der Waals surface area contributed by atoms with Crippen LogP contribution in [0.2, 0.25) is 0 Å². The van der Waals surface area contributed by atoms with Gasteiger partial charge in [-0.15, -0.1) is 0 Å². The summed E-state index contributed by atoms with van der Waals surface area (Å²) >= 11 is 0. The van der Waals surface area contributed by atoms with Crippen LogP contribution in [-0.4, -0.2) is 29.9 Å². The van der Waals surface area contributed by atoms with Gasteiger partial charge in [-0.2, -0.15) is 5.26 Å². The molecule has 0 bridgehead atoms. The molecule has 1 saturated carbocycles. The van der Waals surface area contributed by atoms with E-state index in [1.54, 1.807) is 24.3 Å². The molecule has 0 aliphatic heterocycles. The molecule has 0 spiro atoms. The highest BCUT2D eigenvalue weighted by molar-refractivity contribution is 5.34. The summed E-state index contributed by atoms with van der Waals surface area (Å²) < 4.78 is 5.52. The third-order valence-corrected chi connectivity index (χ3v) is 3.90. The molecule has 1 aromatic carbocycles. The molecule has 108 valence electrons. The zero-order valence-electron chi connectivity index (χ0n) is 11.9. The van der Waals surface area contributed by atoms with E-state index in [2.05, 4.69) is 18.3 Å². The average molecular weight is 274 g/mol. The van der Waals surface area contributed by atoms with E-state index in [1.165, 1.54) is 25.7 Å². The Balaban J connectivity index is 1.71. The van der Waals surface area contributed by atoms with Crippen molar-refractivity contribution < 1.29 is 9.84 Å². The van der Waals surface area contributed by atoms with Crippen LogP contribution in [0.5, 0.6) is 5.75 Å². The number of rotatable bonds is 6. The molecule has 2 N–H and O–H groups in total. The maximum absolute atomic E-state index is 9.95. The SMILES string of the molecule is CC1(NCC(O)COc2ccc(C#N)cc2)CCCC1. The molecule has 0 aromatic heterocycles. The van der Waals surface area contributed by atoms with Crippen molar-refractivity contribution in [3.63, 3.8) is 0 Å². The van der Waals surface area contributed by atoms with E-state index in [-0.39, 0.29) is 12.1 Å². The average Bonchev–Trinajstić information content (AvgIpc) is 2.91. The summed E-state index contributed by atoms with van der Waals surface area (Å²) in [6, 6.07) is 8.97. The van der Waals surface area contributed by atoms with Crippen molar-refractivity contribution in [1.82, 2.24) is 5.32 Å². The summed E-state index contributed by atoms with van der Waals surface area (Å²) in [6.07, 6.45) is 4.36. The van der Waals surface area contributed by atoms with Crippen LogP contribution in [0.3, 0.4) is 0 Å². The third-order valence-electron chi connectivity index (χ3n) is 3.90. The Morgan fingerprint density at radius 2 is 2.00 bits per heavy atom. The van der Waals surface area contributed by atoms with Crippen molar-refractivity contribution in [2.24, 2.45) is 0 Å². The zero-order valence-corrected chi connectivity index (χ0v) is 11.9. The molecule has 1 fully saturated rings. The van der Waals surface area contributed by atoms with E-state index < -0.39 is 6.10 Å². The van der Waals surface area contributed by atoms with Crippen LogP contribution in [0.15, 0.2) is 24.3 Å². The molecular weight excluding hydrogens is 252 g/mol. The molecule has 1 aliphatic carbocycles. The number of nitrogens with zero attached hydrogens (tertiary/aromatic N) is 1. The second-order valence-corrected chi connectivity index (χ2v) is 5.75. The first-order chi connectivity index (χ1) is 9.61. The van der Waals surface area contributed by atoms with Gasteiger partial charge in [-0.3, -0.25) is 0 Å². The van der Waals surface area contributed by atoms with Gasteiger partial charge in [-0.25, -0.2) is 0 Å². The van der Waals surface area contributed by atoms with Gasteiger partial charge >= 0.3 is 0 Å². The maximum Gasteiger partial charge on any atom is 0.119 e. The van der Waals surface area contributed by atoms with Crippen LogP contribution >= 0.6 is 0 Å². The lowest BCUT2D eigenvalue weighted by Crippen LogP contribution is -2.44. The number of hydrogen-bond acceptors (Lipinski definition) is 4. The Morgan fingerprint density at radius 1 is 1.35 bits per heavy atom. The molecule has 4 heteroatoms. The highest BCUT2D eigenvalue weighted by Crippen LogP contribution is 2.28. The van der Waals surface area contributed by atoms with Gasteiger partial charge < -0.3 is 15.2 Å². The fourth-order valence-corrected chi connectivity index (χ4v) is 2.57. The molecule has 4 nitrogen and oxygen atoms in total. The van der Waals surface area contributed by atoms with Crippen LogP contribution in [0.25, 0.3) is 0 Å². The molecule has 1 aliphatic rings. The Hall–Kier alpha value is -1.57. The van der Waals surface area contributed by atoms with Crippen LogP contribution in [0, 0.1) is 11.3 Å². The maximum atomic E-state index is 9.95. The van der Waals surface area contributed by atoms with E-state index in [0.29, 0.717) is 17.9 Å². The van der Waals surface area contributed by atoms with Crippen molar-refractivity contribution in [3.05, 3.63) is 29.8 Å². The number of nitrogens with one attached hydrogen (secondary N) is 1. The monoisotopic (exact) mass is 274 g/mol. The van der Waals surface area contributed by atoms with Gasteiger partial charge in [-0.1, -0.05) is 12.8 Å². The number of ether oxygens (including phenoxy) is 1. The van der Waals surface area contributed by atoms with Gasteiger partial charge in [0, 0.05) is 12.1 Å². The summed E-state index contributed by atoms with van der Waals surface area (Å²) in [5.74, 6) is 0.676. The predicted molar refractivity (Wildman–Crippen MR) is 77.5 cm³/mol. The summed E-state index contributed by atoms with van der Waals surface area (Å²) in [4.78, 5) is 0. The minimum atomic E-state index is -0.525. The molecule has 2 rings (SSSR count). The highest BCUT2D eigenvalue weighted by atomic mass is 16.5. The standard InChI is InChI=1S/C16H22N2O2/c1-16(8-2-3-9-16)18-11-14(19)12-20-15-6-4-13(10-17)5-7-15/h4-7,14,18-19H,2-3,8-9,11-12H2,1H3. The first-order valence-electron chi connectivity index (χ1n) is 7.17. The Labute approximate surface area is 120 Å². The van der Waals surface area contributed by atoms with Gasteiger partial charge in [0.15, 0.2) is 0 Å². The van der Waals surface area contributed by atoms with E-state index in [1.807, 2.05) is 0 Å². The number of aliphatic hydroxyl groups is 1. The van der Waals surface area contributed by atoms with Gasteiger partial charge in [0.05, 0.1) is 11.6 Å². The van der Waals surface area contributed by atoms with E-state index in [0.717, 1.165) is 0 Å². The number of nitriles is 1. The molecule has 1 unspecified atom stereocenters. The van der Waals surface area contributed by atoms with Crippen molar-refractivity contribution in [3.8, 4) is 11.8 Å². The molecule has 0 heterocycles. The zero-order chi connectivity index (χ0) is 14.4. The summed E-state index contributed by atoms with van der Waals surface area (Å²) in [5, 5.41) is 22.1. The lowest BCUT2D eigenvalue weighted by atomic mass is 10.0. The van der Waals surface area contributed by atoms with Crippen LogP contribution in [-0.2, 0) is 0 Å². The molecule has 0 amide bonds. The fraction of sp³-hybridized carbons (Fsp3) is 0.562. The van der Waals surface area contributed by atoms with E-state index in [4.69, 9.17) is 10.00 Å².